The second kappa shape index (κ2) is 12.7. The first-order valence-corrected chi connectivity index (χ1v) is 9.65. The maximum absolute atomic E-state index is 12.0. The minimum absolute atomic E-state index is 0. The smallest absolute Gasteiger partial charge is 0.251 e. The third kappa shape index (κ3) is 7.36. The lowest BCUT2D eigenvalue weighted by Crippen LogP contribution is -2.42. The number of nitrogens with one attached hydrogen (secondary N) is 2. The lowest BCUT2D eigenvalue weighted by Gasteiger charge is -2.21. The van der Waals surface area contributed by atoms with Crippen LogP contribution < -0.4 is 10.6 Å². The quantitative estimate of drug-likeness (QED) is 0.244. The van der Waals surface area contributed by atoms with Crippen molar-refractivity contribution in [2.75, 3.05) is 34.3 Å². The van der Waals surface area contributed by atoms with Crippen molar-refractivity contribution in [1.82, 2.24) is 20.5 Å². The predicted octanol–water partition coefficient (Wildman–Crippen LogP) is 2.91. The monoisotopic (exact) mass is 517 g/mol. The van der Waals surface area contributed by atoms with Crippen LogP contribution in [0.15, 0.2) is 40.7 Å². The third-order valence-electron chi connectivity index (χ3n) is 3.97. The highest BCUT2D eigenvalue weighted by Crippen LogP contribution is 2.20. The van der Waals surface area contributed by atoms with Gasteiger partial charge in [0.25, 0.3) is 5.91 Å². The molecule has 2 aromatic rings. The molecular weight excluding hydrogens is 489 g/mol. The van der Waals surface area contributed by atoms with E-state index in [4.69, 9.17) is 4.74 Å². The van der Waals surface area contributed by atoms with Crippen molar-refractivity contribution in [1.29, 1.82) is 0 Å². The number of rotatable bonds is 8. The van der Waals surface area contributed by atoms with Crippen LogP contribution in [-0.2, 0) is 11.3 Å². The van der Waals surface area contributed by atoms with Crippen molar-refractivity contribution < 1.29 is 9.53 Å². The van der Waals surface area contributed by atoms with Gasteiger partial charge in [0.05, 0.1) is 12.2 Å². The van der Waals surface area contributed by atoms with E-state index in [0.29, 0.717) is 25.2 Å². The number of methoxy groups -OCH3 is 1. The summed E-state index contributed by atoms with van der Waals surface area (Å²) in [5, 5.41) is 9.14. The molecule has 1 atom stereocenters. The number of carbonyl (C=O) groups is 1. The molecule has 0 fully saturated rings. The van der Waals surface area contributed by atoms with Crippen molar-refractivity contribution in [2.45, 2.75) is 19.6 Å². The van der Waals surface area contributed by atoms with Gasteiger partial charge in [0.1, 0.15) is 11.1 Å². The Labute approximate surface area is 187 Å². The van der Waals surface area contributed by atoms with Crippen LogP contribution in [-0.4, -0.2) is 56.0 Å². The molecule has 0 bridgehead atoms. The van der Waals surface area contributed by atoms with Crippen LogP contribution in [0.25, 0.3) is 0 Å². The van der Waals surface area contributed by atoms with Gasteiger partial charge >= 0.3 is 0 Å². The van der Waals surface area contributed by atoms with E-state index < -0.39 is 0 Å². The average Bonchev–Trinajstić information content (AvgIpc) is 3.16. The first-order valence-electron chi connectivity index (χ1n) is 8.77. The lowest BCUT2D eigenvalue weighted by atomic mass is 10.2. The highest BCUT2D eigenvalue weighted by atomic mass is 127. The second-order valence-electron chi connectivity index (χ2n) is 6.01. The summed E-state index contributed by atoms with van der Waals surface area (Å²) in [6.07, 6.45) is -0.000260. The van der Waals surface area contributed by atoms with Crippen molar-refractivity contribution >= 4 is 47.2 Å². The van der Waals surface area contributed by atoms with Crippen LogP contribution >= 0.6 is 35.3 Å². The van der Waals surface area contributed by atoms with Gasteiger partial charge in [-0.3, -0.25) is 9.79 Å². The molecular formula is C19H28IN5O2S. The molecule has 154 valence electrons. The van der Waals surface area contributed by atoms with E-state index in [1.807, 2.05) is 42.5 Å². The zero-order valence-corrected chi connectivity index (χ0v) is 19.8. The van der Waals surface area contributed by atoms with Crippen molar-refractivity contribution in [3.8, 4) is 0 Å². The number of carbonyl (C=O) groups excluding carboxylic acids is 1. The molecule has 7 nitrogen and oxygen atoms in total. The predicted molar refractivity (Wildman–Crippen MR) is 125 cm³/mol. The molecule has 0 aliphatic heterocycles. The van der Waals surface area contributed by atoms with Crippen molar-refractivity contribution in [3.05, 3.63) is 52.0 Å². The topological polar surface area (TPSA) is 78.9 Å². The molecule has 0 spiro atoms. The number of hydrogen-bond donors (Lipinski definition) is 2. The molecule has 0 radical (unpaired) electrons. The molecule has 2 rings (SSSR count). The first kappa shape index (κ1) is 24.3. The summed E-state index contributed by atoms with van der Waals surface area (Å²) < 4.78 is 5.30. The summed E-state index contributed by atoms with van der Waals surface area (Å²) in [6.45, 7) is 3.71. The zero-order chi connectivity index (χ0) is 19.6. The molecule has 1 heterocycles. The van der Waals surface area contributed by atoms with Gasteiger partial charge in [0.15, 0.2) is 5.96 Å². The summed E-state index contributed by atoms with van der Waals surface area (Å²) >= 11 is 1.60. The van der Waals surface area contributed by atoms with Crippen LogP contribution in [0.5, 0.6) is 0 Å². The van der Waals surface area contributed by atoms with Crippen LogP contribution in [0.1, 0.15) is 34.1 Å². The van der Waals surface area contributed by atoms with Gasteiger partial charge in [0.2, 0.25) is 0 Å². The van der Waals surface area contributed by atoms with E-state index in [-0.39, 0.29) is 36.0 Å². The third-order valence-corrected chi connectivity index (χ3v) is 5.03. The molecule has 1 aromatic heterocycles. The Hall–Kier alpha value is -1.72. The van der Waals surface area contributed by atoms with Crippen LogP contribution in [0.3, 0.4) is 0 Å². The van der Waals surface area contributed by atoms with Gasteiger partial charge in [-0.1, -0.05) is 18.2 Å². The lowest BCUT2D eigenvalue weighted by molar-refractivity contribution is 0.0954. The Morgan fingerprint density at radius 2 is 1.96 bits per heavy atom. The summed E-state index contributed by atoms with van der Waals surface area (Å²) in [5.74, 6) is 0.668. The van der Waals surface area contributed by atoms with Gasteiger partial charge in [-0.05, 0) is 19.1 Å². The molecule has 1 amide bonds. The van der Waals surface area contributed by atoms with Gasteiger partial charge in [0, 0.05) is 45.2 Å². The molecule has 1 aromatic carbocycles. The van der Waals surface area contributed by atoms with E-state index in [1.165, 1.54) is 0 Å². The SMILES string of the molecule is CN=C(NCCNC(=O)c1ccccc1)N(C)Cc1csc(C(C)OC)n1.I. The molecule has 9 heteroatoms. The maximum Gasteiger partial charge on any atom is 0.251 e. The van der Waals surface area contributed by atoms with Gasteiger partial charge in [-0.2, -0.15) is 0 Å². The largest absolute Gasteiger partial charge is 0.375 e. The maximum atomic E-state index is 12.0. The van der Waals surface area contributed by atoms with E-state index in [0.717, 1.165) is 16.7 Å². The number of nitrogens with zero attached hydrogens (tertiary/aromatic N) is 3. The minimum atomic E-state index is -0.0805. The van der Waals surface area contributed by atoms with Crippen molar-refractivity contribution in [2.24, 2.45) is 4.99 Å². The summed E-state index contributed by atoms with van der Waals surface area (Å²) in [6, 6.07) is 9.17. The van der Waals surface area contributed by atoms with Gasteiger partial charge < -0.3 is 20.3 Å². The number of aliphatic imine (C=N–C) groups is 1. The number of aromatic nitrogens is 1. The Morgan fingerprint density at radius 1 is 1.29 bits per heavy atom. The highest BCUT2D eigenvalue weighted by molar-refractivity contribution is 14.0. The fourth-order valence-electron chi connectivity index (χ4n) is 2.43. The molecule has 0 aliphatic rings. The zero-order valence-electron chi connectivity index (χ0n) is 16.6. The molecule has 1 unspecified atom stereocenters. The number of benzene rings is 1. The average molecular weight is 517 g/mol. The number of halogens is 1. The number of hydrogen-bond acceptors (Lipinski definition) is 5. The van der Waals surface area contributed by atoms with E-state index >= 15 is 0 Å². The number of amides is 1. The summed E-state index contributed by atoms with van der Waals surface area (Å²) in [5.41, 5.74) is 1.63. The number of ether oxygens (including phenoxy) is 1. The van der Waals surface area contributed by atoms with E-state index in [1.54, 1.807) is 37.6 Å². The van der Waals surface area contributed by atoms with Crippen LogP contribution in [0, 0.1) is 0 Å². The fourth-order valence-corrected chi connectivity index (χ4v) is 3.27. The molecule has 0 saturated heterocycles. The number of guanidine groups is 1. The fraction of sp³-hybridized carbons (Fsp3) is 0.421. The van der Waals surface area contributed by atoms with E-state index in [2.05, 4.69) is 20.6 Å². The standard InChI is InChI=1S/C19H27N5O2S.HI/c1-14(26-4)18-23-16(13-27-18)12-24(3)19(20-2)22-11-10-21-17(25)15-8-6-5-7-9-15;/h5-9,13-14H,10-12H2,1-4H3,(H,20,22)(H,21,25);1H. The summed E-state index contributed by atoms with van der Waals surface area (Å²) in [4.78, 5) is 22.9. The normalized spacial score (nSPS) is 12.1. The van der Waals surface area contributed by atoms with Crippen LogP contribution in [0.2, 0.25) is 0 Å². The summed E-state index contributed by atoms with van der Waals surface area (Å²) in [7, 11) is 5.37. The molecule has 2 N–H and O–H groups in total. The highest BCUT2D eigenvalue weighted by Gasteiger charge is 2.12. The van der Waals surface area contributed by atoms with Crippen LogP contribution in [0.4, 0.5) is 0 Å². The first-order chi connectivity index (χ1) is 13.0. The number of thiazole rings is 1. The molecule has 0 saturated carbocycles. The van der Waals surface area contributed by atoms with Crippen molar-refractivity contribution in [3.63, 3.8) is 0 Å². The Kier molecular flexibility index (Phi) is 11.0. The Morgan fingerprint density at radius 3 is 2.61 bits per heavy atom. The van der Waals surface area contributed by atoms with Gasteiger partial charge in [-0.15, -0.1) is 35.3 Å². The molecule has 0 aliphatic carbocycles. The van der Waals surface area contributed by atoms with Gasteiger partial charge in [-0.25, -0.2) is 4.98 Å². The molecule has 28 heavy (non-hydrogen) atoms. The minimum Gasteiger partial charge on any atom is -0.375 e. The Balaban J connectivity index is 0.00000392. The Bertz CT molecular complexity index is 754. The van der Waals surface area contributed by atoms with E-state index in [9.17, 15) is 4.79 Å². The second-order valence-corrected chi connectivity index (χ2v) is 6.90.